The van der Waals surface area contributed by atoms with Gasteiger partial charge in [-0.05, 0) is 18.2 Å². The first-order valence-electron chi connectivity index (χ1n) is 5.42. The van der Waals surface area contributed by atoms with Crippen LogP contribution < -0.4 is 5.32 Å². The molecule has 0 aliphatic heterocycles. The summed E-state index contributed by atoms with van der Waals surface area (Å²) in [5.74, 6) is 0.390. The van der Waals surface area contributed by atoms with Crippen molar-refractivity contribution < 1.29 is 4.39 Å². The van der Waals surface area contributed by atoms with Crippen LogP contribution in [0, 0.1) is 5.82 Å². The summed E-state index contributed by atoms with van der Waals surface area (Å²) in [7, 11) is 1.78. The van der Waals surface area contributed by atoms with E-state index in [0.717, 1.165) is 5.39 Å². The Morgan fingerprint density at radius 3 is 2.94 bits per heavy atom. The normalized spacial score (nSPS) is 10.8. The van der Waals surface area contributed by atoms with Crippen LogP contribution in [0.1, 0.15) is 0 Å². The summed E-state index contributed by atoms with van der Waals surface area (Å²) >= 11 is 0. The third-order valence-corrected chi connectivity index (χ3v) is 2.66. The van der Waals surface area contributed by atoms with Gasteiger partial charge in [0.2, 0.25) is 0 Å². The van der Waals surface area contributed by atoms with E-state index in [0.29, 0.717) is 17.2 Å². The molecule has 0 atom stereocenters. The Labute approximate surface area is 102 Å². The van der Waals surface area contributed by atoms with Gasteiger partial charge in [-0.25, -0.2) is 19.0 Å². The molecule has 18 heavy (non-hydrogen) atoms. The number of halogens is 1. The van der Waals surface area contributed by atoms with Crippen LogP contribution >= 0.6 is 0 Å². The zero-order valence-corrected chi connectivity index (χ0v) is 9.63. The van der Waals surface area contributed by atoms with E-state index >= 15 is 0 Å². The second-order valence-corrected chi connectivity index (χ2v) is 3.75. The first-order chi connectivity index (χ1) is 8.79. The number of fused-ring (bicyclic) bond motifs is 1. The SMILES string of the molecule is CNc1ncnc2c1cnn2-c1cccc(F)c1. The van der Waals surface area contributed by atoms with E-state index in [9.17, 15) is 4.39 Å². The highest BCUT2D eigenvalue weighted by molar-refractivity contribution is 5.86. The van der Waals surface area contributed by atoms with Crippen LogP contribution in [0.3, 0.4) is 0 Å². The summed E-state index contributed by atoms with van der Waals surface area (Å²) < 4.78 is 14.8. The molecule has 6 heteroatoms. The van der Waals surface area contributed by atoms with Gasteiger partial charge in [0.05, 0.1) is 17.3 Å². The second-order valence-electron chi connectivity index (χ2n) is 3.75. The van der Waals surface area contributed by atoms with Crippen molar-refractivity contribution in [2.75, 3.05) is 12.4 Å². The van der Waals surface area contributed by atoms with Gasteiger partial charge in [-0.3, -0.25) is 0 Å². The van der Waals surface area contributed by atoms with Crippen molar-refractivity contribution in [2.24, 2.45) is 0 Å². The van der Waals surface area contributed by atoms with E-state index in [4.69, 9.17) is 0 Å². The highest BCUT2D eigenvalue weighted by Crippen LogP contribution is 2.21. The van der Waals surface area contributed by atoms with Crippen molar-refractivity contribution in [3.63, 3.8) is 0 Å². The number of rotatable bonds is 2. The van der Waals surface area contributed by atoms with Crippen molar-refractivity contribution in [1.29, 1.82) is 0 Å². The molecule has 0 aliphatic carbocycles. The monoisotopic (exact) mass is 243 g/mol. The van der Waals surface area contributed by atoms with Crippen molar-refractivity contribution in [1.82, 2.24) is 19.7 Å². The predicted molar refractivity (Wildman–Crippen MR) is 66.2 cm³/mol. The molecule has 0 radical (unpaired) electrons. The van der Waals surface area contributed by atoms with Crippen LogP contribution in [0.5, 0.6) is 0 Å². The number of aromatic nitrogens is 4. The Balaban J connectivity index is 2.25. The Morgan fingerprint density at radius 1 is 1.28 bits per heavy atom. The molecule has 1 aromatic carbocycles. The first-order valence-corrected chi connectivity index (χ1v) is 5.42. The molecule has 0 aliphatic rings. The third kappa shape index (κ3) is 1.58. The molecule has 0 amide bonds. The van der Waals surface area contributed by atoms with E-state index in [2.05, 4.69) is 20.4 Å². The van der Waals surface area contributed by atoms with Crippen molar-refractivity contribution >= 4 is 16.9 Å². The molecule has 5 nitrogen and oxygen atoms in total. The van der Waals surface area contributed by atoms with Gasteiger partial charge in [-0.15, -0.1) is 0 Å². The fourth-order valence-electron chi connectivity index (χ4n) is 1.84. The molecule has 90 valence electrons. The van der Waals surface area contributed by atoms with Gasteiger partial charge in [-0.1, -0.05) is 6.07 Å². The van der Waals surface area contributed by atoms with Crippen molar-refractivity contribution in [3.05, 3.63) is 42.6 Å². The molecule has 2 heterocycles. The fraction of sp³-hybridized carbons (Fsp3) is 0.0833. The smallest absolute Gasteiger partial charge is 0.168 e. The quantitative estimate of drug-likeness (QED) is 0.748. The summed E-state index contributed by atoms with van der Waals surface area (Å²) in [5.41, 5.74) is 1.27. The van der Waals surface area contributed by atoms with Crippen molar-refractivity contribution in [3.8, 4) is 5.69 Å². The van der Waals surface area contributed by atoms with Crippen LogP contribution in [0.4, 0.5) is 10.2 Å². The van der Waals surface area contributed by atoms with Gasteiger partial charge >= 0.3 is 0 Å². The first kappa shape index (κ1) is 10.6. The lowest BCUT2D eigenvalue weighted by atomic mass is 10.3. The van der Waals surface area contributed by atoms with E-state index < -0.39 is 0 Å². The summed E-state index contributed by atoms with van der Waals surface area (Å²) in [4.78, 5) is 8.28. The van der Waals surface area contributed by atoms with Crippen LogP contribution in [0.15, 0.2) is 36.8 Å². The van der Waals surface area contributed by atoms with Gasteiger partial charge in [0.1, 0.15) is 18.0 Å². The van der Waals surface area contributed by atoms with Crippen LogP contribution in [0.2, 0.25) is 0 Å². The molecule has 0 unspecified atom stereocenters. The lowest BCUT2D eigenvalue weighted by Gasteiger charge is -2.03. The summed E-state index contributed by atoms with van der Waals surface area (Å²) in [6, 6.07) is 6.21. The lowest BCUT2D eigenvalue weighted by Crippen LogP contribution is -1.99. The minimum atomic E-state index is -0.306. The molecule has 3 aromatic rings. The van der Waals surface area contributed by atoms with Gasteiger partial charge < -0.3 is 5.32 Å². The molecule has 0 bridgehead atoms. The molecule has 0 saturated carbocycles. The molecular formula is C12H10FN5. The second kappa shape index (κ2) is 4.06. The Hall–Kier alpha value is -2.50. The maximum absolute atomic E-state index is 13.2. The average Bonchev–Trinajstić information content (AvgIpc) is 2.82. The molecule has 0 spiro atoms. The molecule has 3 rings (SSSR count). The predicted octanol–water partition coefficient (Wildman–Crippen LogP) is 2.00. The topological polar surface area (TPSA) is 55.6 Å². The molecule has 0 saturated heterocycles. The Bertz CT molecular complexity index is 707. The van der Waals surface area contributed by atoms with E-state index in [1.165, 1.54) is 18.5 Å². The number of hydrogen-bond acceptors (Lipinski definition) is 4. The van der Waals surface area contributed by atoms with E-state index in [-0.39, 0.29) is 5.82 Å². The van der Waals surface area contributed by atoms with Gasteiger partial charge in [0.25, 0.3) is 0 Å². The third-order valence-electron chi connectivity index (χ3n) is 2.66. The van der Waals surface area contributed by atoms with Gasteiger partial charge in [-0.2, -0.15) is 5.10 Å². The summed E-state index contributed by atoms with van der Waals surface area (Å²) in [5, 5.41) is 7.99. The number of benzene rings is 1. The van der Waals surface area contributed by atoms with Crippen molar-refractivity contribution in [2.45, 2.75) is 0 Å². The van der Waals surface area contributed by atoms with Crippen LogP contribution in [-0.4, -0.2) is 26.8 Å². The minimum Gasteiger partial charge on any atom is -0.372 e. The van der Waals surface area contributed by atoms with Gasteiger partial charge in [0, 0.05) is 7.05 Å². The fourth-order valence-corrected chi connectivity index (χ4v) is 1.84. The maximum atomic E-state index is 13.2. The van der Waals surface area contributed by atoms with E-state index in [1.807, 2.05) is 0 Å². The maximum Gasteiger partial charge on any atom is 0.168 e. The number of hydrogen-bond donors (Lipinski definition) is 1. The minimum absolute atomic E-state index is 0.306. The molecule has 2 aromatic heterocycles. The molecular weight excluding hydrogens is 233 g/mol. The zero-order valence-electron chi connectivity index (χ0n) is 9.63. The highest BCUT2D eigenvalue weighted by Gasteiger charge is 2.10. The zero-order chi connectivity index (χ0) is 12.5. The molecule has 1 N–H and O–H groups in total. The lowest BCUT2D eigenvalue weighted by molar-refractivity contribution is 0.625. The summed E-state index contributed by atoms with van der Waals surface area (Å²) in [6.07, 6.45) is 3.11. The highest BCUT2D eigenvalue weighted by atomic mass is 19.1. The Morgan fingerprint density at radius 2 is 2.17 bits per heavy atom. The average molecular weight is 243 g/mol. The standard InChI is InChI=1S/C12H10FN5/c1-14-11-10-6-17-18(12(10)16-7-15-11)9-4-2-3-8(13)5-9/h2-7H,1H3,(H,14,15,16). The molecule has 0 fully saturated rings. The van der Waals surface area contributed by atoms with Crippen LogP contribution in [-0.2, 0) is 0 Å². The number of nitrogens with one attached hydrogen (secondary N) is 1. The van der Waals surface area contributed by atoms with Crippen LogP contribution in [0.25, 0.3) is 16.7 Å². The van der Waals surface area contributed by atoms with E-state index in [1.54, 1.807) is 30.1 Å². The number of anilines is 1. The van der Waals surface area contributed by atoms with Gasteiger partial charge in [0.15, 0.2) is 5.65 Å². The summed E-state index contributed by atoms with van der Waals surface area (Å²) in [6.45, 7) is 0. The number of nitrogens with zero attached hydrogens (tertiary/aromatic N) is 4. The Kier molecular flexibility index (Phi) is 2.40. The largest absolute Gasteiger partial charge is 0.372 e.